The summed E-state index contributed by atoms with van der Waals surface area (Å²) in [6.07, 6.45) is 10.9. The number of benzene rings is 3. The second kappa shape index (κ2) is 11.2. The van der Waals surface area contributed by atoms with Gasteiger partial charge in [0.15, 0.2) is 0 Å². The number of aryl methyl sites for hydroxylation is 2. The normalized spacial score (nSPS) is 20.2. The molecule has 3 aromatic rings. The molecular formula is C41H48N3O3+. The van der Waals surface area contributed by atoms with Gasteiger partial charge in [0.1, 0.15) is 24.6 Å². The first-order valence-electron chi connectivity index (χ1n) is 18.3. The Morgan fingerprint density at radius 1 is 0.830 bits per heavy atom. The summed E-state index contributed by atoms with van der Waals surface area (Å²) in [5, 5.41) is 2.62. The van der Waals surface area contributed by atoms with E-state index in [1.807, 2.05) is 6.07 Å². The highest BCUT2D eigenvalue weighted by molar-refractivity contribution is 6.02. The summed E-state index contributed by atoms with van der Waals surface area (Å²) >= 11 is 0. The molecule has 0 N–H and O–H groups in total. The van der Waals surface area contributed by atoms with Crippen LogP contribution in [0, 0.1) is 0 Å². The molecule has 6 heterocycles. The number of rotatable bonds is 3. The van der Waals surface area contributed by atoms with Gasteiger partial charge in [0, 0.05) is 77.8 Å². The van der Waals surface area contributed by atoms with Gasteiger partial charge in [-0.2, -0.15) is 0 Å². The third kappa shape index (κ3) is 4.93. The number of anilines is 1. The Balaban J connectivity index is 1.25. The van der Waals surface area contributed by atoms with Gasteiger partial charge in [0.05, 0.1) is 17.3 Å². The molecule has 0 radical (unpaired) electrons. The van der Waals surface area contributed by atoms with E-state index >= 15 is 0 Å². The Kier molecular flexibility index (Phi) is 7.04. The fraction of sp³-hybridized carbons (Fsp3) is 0.512. The molecule has 0 aliphatic carbocycles. The average Bonchev–Trinajstić information content (AvgIpc) is 3.07. The van der Waals surface area contributed by atoms with Gasteiger partial charge in [-0.25, -0.2) is 4.58 Å². The first kappa shape index (κ1) is 29.5. The lowest BCUT2D eigenvalue weighted by atomic mass is 9.81. The van der Waals surface area contributed by atoms with Crippen LogP contribution in [-0.2, 0) is 30.4 Å². The maximum absolute atomic E-state index is 14.5. The standard InChI is InChI=1S/C41H48N3O3/c1-41(2,3)47-28-16-22-44(23-17-28)40(45)30-13-5-4-12-29(30)35-33-24-26-10-6-18-42-20-8-14-31(36(26)42)38(33)46-39-32-15-9-21-43-19-7-11-27(37(32)43)25-34(35)39/h4-5,12-13,24-25,28H,6-11,14-23H2,1-3H3/q+1. The van der Waals surface area contributed by atoms with Gasteiger partial charge in [0.2, 0.25) is 5.36 Å². The zero-order chi connectivity index (χ0) is 31.9. The topological polar surface area (TPSA) is 45.0 Å². The lowest BCUT2D eigenvalue weighted by Crippen LogP contribution is -2.45. The van der Waals surface area contributed by atoms with Crippen molar-refractivity contribution in [3.8, 4) is 11.5 Å². The zero-order valence-corrected chi connectivity index (χ0v) is 28.4. The molecular weight excluding hydrogens is 582 g/mol. The smallest absolute Gasteiger partial charge is 0.254 e. The number of carbonyl (C=O) groups excluding carboxylic acids is 1. The molecule has 0 spiro atoms. The fourth-order valence-corrected chi connectivity index (χ4v) is 9.54. The minimum Gasteiger partial charge on any atom is -0.455 e. The Bertz CT molecular complexity index is 1920. The zero-order valence-electron chi connectivity index (χ0n) is 28.4. The first-order chi connectivity index (χ1) is 22.8. The monoisotopic (exact) mass is 630 g/mol. The van der Waals surface area contributed by atoms with Gasteiger partial charge >= 0.3 is 0 Å². The Morgan fingerprint density at radius 2 is 1.55 bits per heavy atom. The number of piperidine rings is 1. The van der Waals surface area contributed by atoms with E-state index in [9.17, 15) is 4.79 Å². The number of carbonyl (C=O) groups is 1. The van der Waals surface area contributed by atoms with Gasteiger partial charge in [-0.15, -0.1) is 0 Å². The van der Waals surface area contributed by atoms with Crippen molar-refractivity contribution in [3.63, 3.8) is 0 Å². The molecule has 9 rings (SSSR count). The largest absolute Gasteiger partial charge is 0.455 e. The number of likely N-dealkylation sites (tertiary alicyclic amines) is 1. The number of nitrogens with zero attached hydrogens (tertiary/aromatic N) is 3. The van der Waals surface area contributed by atoms with Gasteiger partial charge in [-0.1, -0.05) is 18.2 Å². The van der Waals surface area contributed by atoms with E-state index in [0.717, 1.165) is 113 Å². The molecule has 0 saturated carbocycles. The van der Waals surface area contributed by atoms with E-state index in [2.05, 4.69) is 65.5 Å². The van der Waals surface area contributed by atoms with E-state index in [0.29, 0.717) is 0 Å². The number of hydrogen-bond donors (Lipinski definition) is 0. The molecule has 6 aliphatic heterocycles. The Hall–Kier alpha value is -3.64. The minimum absolute atomic E-state index is 0.132. The lowest BCUT2D eigenvalue weighted by molar-refractivity contribution is -0.0791. The molecule has 1 fully saturated rings. The number of hydrogen-bond acceptors (Lipinski definition) is 4. The molecule has 0 bridgehead atoms. The minimum atomic E-state index is -0.172. The molecule has 6 aliphatic rings. The molecule has 6 nitrogen and oxygen atoms in total. The van der Waals surface area contributed by atoms with Gasteiger partial charge in [-0.05, 0) is 101 Å². The molecule has 1 saturated heterocycles. The summed E-state index contributed by atoms with van der Waals surface area (Å²) in [4.78, 5) is 19.2. The van der Waals surface area contributed by atoms with E-state index in [1.54, 1.807) is 0 Å². The Labute approximate surface area is 278 Å². The van der Waals surface area contributed by atoms with E-state index in [1.165, 1.54) is 62.5 Å². The number of ether oxygens (including phenoxy) is 2. The maximum atomic E-state index is 14.5. The fourth-order valence-electron chi connectivity index (χ4n) is 9.54. The van der Waals surface area contributed by atoms with Crippen LogP contribution in [0.1, 0.15) is 103 Å². The van der Waals surface area contributed by atoms with Crippen molar-refractivity contribution in [1.29, 1.82) is 0 Å². The van der Waals surface area contributed by atoms with Crippen molar-refractivity contribution in [1.82, 2.24) is 9.48 Å². The average molecular weight is 631 g/mol. The van der Waals surface area contributed by atoms with Gasteiger partial charge in [-0.3, -0.25) is 4.79 Å². The van der Waals surface area contributed by atoms with Crippen LogP contribution in [0.5, 0.6) is 11.5 Å². The van der Waals surface area contributed by atoms with Crippen molar-refractivity contribution in [2.45, 2.75) is 96.7 Å². The van der Waals surface area contributed by atoms with Gasteiger partial charge < -0.3 is 19.3 Å². The molecule has 3 aromatic carbocycles. The molecule has 0 atom stereocenters. The van der Waals surface area contributed by atoms with Crippen molar-refractivity contribution in [2.24, 2.45) is 0 Å². The molecule has 0 aromatic heterocycles. The predicted molar refractivity (Wildman–Crippen MR) is 186 cm³/mol. The third-order valence-corrected chi connectivity index (χ3v) is 11.4. The van der Waals surface area contributed by atoms with E-state index in [4.69, 9.17) is 9.47 Å². The summed E-state index contributed by atoms with van der Waals surface area (Å²) < 4.78 is 16.2. The quantitative estimate of drug-likeness (QED) is 0.279. The predicted octanol–water partition coefficient (Wildman–Crippen LogP) is 5.54. The van der Waals surface area contributed by atoms with Crippen LogP contribution in [0.15, 0.2) is 36.4 Å². The van der Waals surface area contributed by atoms with Crippen molar-refractivity contribution in [2.75, 3.05) is 44.2 Å². The van der Waals surface area contributed by atoms with Crippen molar-refractivity contribution in [3.05, 3.63) is 85.9 Å². The highest BCUT2D eigenvalue weighted by atomic mass is 16.5. The van der Waals surface area contributed by atoms with Gasteiger partial charge in [0.25, 0.3) is 5.91 Å². The highest BCUT2D eigenvalue weighted by Gasteiger charge is 2.37. The second-order valence-corrected chi connectivity index (χ2v) is 15.6. The molecule has 1 amide bonds. The van der Waals surface area contributed by atoms with Crippen LogP contribution in [-0.4, -0.2) is 61.8 Å². The number of fused-ring (bicyclic) bond motifs is 4. The summed E-state index contributed by atoms with van der Waals surface area (Å²) in [5.41, 5.74) is 11.1. The van der Waals surface area contributed by atoms with Crippen molar-refractivity contribution < 1.29 is 14.3 Å². The SMILES string of the molecule is CC(C)(C)OC1CCN(C(=O)c2ccccc2C2=c3cc4c5c(c3Oc3c2cc2c6c3CCCN6CCC2)CCC[N+]=5CCC4)CC1. The lowest BCUT2D eigenvalue weighted by Gasteiger charge is -2.39. The van der Waals surface area contributed by atoms with E-state index in [-0.39, 0.29) is 17.6 Å². The summed E-state index contributed by atoms with van der Waals surface area (Å²) in [7, 11) is 0. The maximum Gasteiger partial charge on any atom is 0.254 e. The second-order valence-electron chi connectivity index (χ2n) is 15.6. The Morgan fingerprint density at radius 3 is 2.36 bits per heavy atom. The van der Waals surface area contributed by atoms with Crippen LogP contribution in [0.3, 0.4) is 0 Å². The summed E-state index contributed by atoms with van der Waals surface area (Å²) in [5.74, 6) is 2.22. The van der Waals surface area contributed by atoms with Crippen LogP contribution in [0.4, 0.5) is 5.69 Å². The van der Waals surface area contributed by atoms with Crippen LogP contribution in [0.2, 0.25) is 0 Å². The molecule has 0 unspecified atom stereocenters. The molecule has 6 heteroatoms. The highest BCUT2D eigenvalue weighted by Crippen LogP contribution is 2.48. The molecule has 244 valence electrons. The first-order valence-corrected chi connectivity index (χ1v) is 18.3. The third-order valence-electron chi connectivity index (χ3n) is 11.4. The van der Waals surface area contributed by atoms with E-state index < -0.39 is 0 Å². The van der Waals surface area contributed by atoms with Crippen LogP contribution >= 0.6 is 0 Å². The molecule has 47 heavy (non-hydrogen) atoms. The van der Waals surface area contributed by atoms with Crippen molar-refractivity contribution >= 4 is 17.2 Å². The summed E-state index contributed by atoms with van der Waals surface area (Å²) in [6.45, 7) is 12.3. The summed E-state index contributed by atoms with van der Waals surface area (Å²) in [6, 6.07) is 13.3. The van der Waals surface area contributed by atoms with Crippen LogP contribution in [0.25, 0.3) is 5.57 Å². The van der Waals surface area contributed by atoms with Crippen LogP contribution < -0.4 is 24.8 Å². The number of amides is 1.